The van der Waals surface area contributed by atoms with Gasteiger partial charge in [-0.05, 0) is 148 Å². The number of sulfonamides is 3. The molecule has 0 aliphatic rings. The van der Waals surface area contributed by atoms with E-state index in [0.717, 1.165) is 4.47 Å². The Morgan fingerprint density at radius 3 is 1.21 bits per heavy atom. The van der Waals surface area contributed by atoms with Crippen molar-refractivity contribution >= 4 is 122 Å². The smallest absolute Gasteiger partial charge is 0.259 e. The molecule has 5 amide bonds. The largest absolute Gasteiger partial charge is 0.497 e. The molecule has 4 aromatic heterocycles. The summed E-state index contributed by atoms with van der Waals surface area (Å²) in [5.41, 5.74) is 11.2. The van der Waals surface area contributed by atoms with Crippen molar-refractivity contribution in [2.75, 3.05) is 33.7 Å². The van der Waals surface area contributed by atoms with Crippen molar-refractivity contribution in [2.45, 2.75) is 14.7 Å². The molecule has 0 bridgehead atoms. The lowest BCUT2D eigenvalue weighted by molar-refractivity contribution is 0.101. The van der Waals surface area contributed by atoms with E-state index in [1.54, 1.807) is 200 Å². The number of nitrogens with one attached hydrogen (secondary N) is 6. The van der Waals surface area contributed by atoms with Gasteiger partial charge in [-0.1, -0.05) is 115 Å². The second-order valence-electron chi connectivity index (χ2n) is 22.6. The van der Waals surface area contributed by atoms with Crippen molar-refractivity contribution in [1.29, 1.82) is 5.41 Å². The molecule has 12 aromatic rings. The highest BCUT2D eigenvalue weighted by Crippen LogP contribution is 2.36. The molecule has 12 rings (SSSR count). The number of ether oxygens (including phenoxy) is 2. The van der Waals surface area contributed by atoms with E-state index in [9.17, 15) is 49.2 Å². The van der Waals surface area contributed by atoms with Crippen LogP contribution in [-0.2, 0) is 30.1 Å². The fourth-order valence-electron chi connectivity index (χ4n) is 10.2. The average molecular weight is 1580 g/mol. The first-order chi connectivity index (χ1) is 51.1. The molecule has 0 saturated carbocycles. The molecule has 0 aliphatic heterocycles. The first-order valence-corrected chi connectivity index (χ1v) is 37.1. The lowest BCUT2D eigenvalue weighted by Gasteiger charge is -2.14. The number of carbonyl (C=O) groups is 5. The number of methoxy groups -OCH3 is 1. The monoisotopic (exact) mass is 1570 g/mol. The van der Waals surface area contributed by atoms with Gasteiger partial charge in [0.25, 0.3) is 29.5 Å². The van der Waals surface area contributed by atoms with E-state index >= 15 is 0 Å². The van der Waals surface area contributed by atoms with Crippen molar-refractivity contribution in [2.24, 2.45) is 21.2 Å². The van der Waals surface area contributed by atoms with Gasteiger partial charge in [-0.3, -0.25) is 39.3 Å². The summed E-state index contributed by atoms with van der Waals surface area (Å²) in [4.78, 5) is 80.3. The fourth-order valence-corrected chi connectivity index (χ4v) is 12.8. The summed E-state index contributed by atoms with van der Waals surface area (Å²) in [5.74, 6) is -0.497. The van der Waals surface area contributed by atoms with Crippen molar-refractivity contribution in [1.82, 2.24) is 19.9 Å². The van der Waals surface area contributed by atoms with E-state index < -0.39 is 59.6 Å². The Morgan fingerprint density at radius 2 is 0.832 bits per heavy atom. The lowest BCUT2D eigenvalue weighted by Crippen LogP contribution is -2.19. The van der Waals surface area contributed by atoms with Crippen LogP contribution in [0.3, 0.4) is 0 Å². The maximum absolute atomic E-state index is 13.0. The number of nitrogens with two attached hydrogens (primary N) is 4. The lowest BCUT2D eigenvalue weighted by atomic mass is 10.0. The number of amidine groups is 1. The number of pyridine rings is 4. The van der Waals surface area contributed by atoms with Gasteiger partial charge in [0.1, 0.15) is 29.0 Å². The van der Waals surface area contributed by atoms with Crippen molar-refractivity contribution in [3.63, 3.8) is 0 Å². The van der Waals surface area contributed by atoms with Crippen LogP contribution in [0.25, 0.3) is 33.4 Å². The van der Waals surface area contributed by atoms with Gasteiger partial charge in [0.15, 0.2) is 5.75 Å². The van der Waals surface area contributed by atoms with Crippen LogP contribution in [-0.4, -0.2) is 87.7 Å². The first kappa shape index (κ1) is 76.9. The van der Waals surface area contributed by atoms with Gasteiger partial charge in [0, 0.05) is 74.3 Å². The number of nitrogen functional groups attached to an aromatic ring is 1. The Hall–Kier alpha value is -12.7. The van der Waals surface area contributed by atoms with Crippen molar-refractivity contribution < 1.29 is 58.7 Å². The Balaban J connectivity index is 0.000000172. The highest BCUT2D eigenvalue weighted by molar-refractivity contribution is 9.10. The summed E-state index contributed by atoms with van der Waals surface area (Å²) >= 11 is 9.10. The summed E-state index contributed by atoms with van der Waals surface area (Å²) in [7, 11) is -10.2. The van der Waals surface area contributed by atoms with E-state index in [0.29, 0.717) is 89.7 Å². The Morgan fingerprint density at radius 1 is 0.421 bits per heavy atom. The van der Waals surface area contributed by atoms with Crippen LogP contribution < -0.4 is 57.2 Å². The second-order valence-corrected chi connectivity index (χ2v) is 28.5. The number of benzene rings is 8. The molecule has 0 atom stereocenters. The van der Waals surface area contributed by atoms with Gasteiger partial charge in [0.2, 0.25) is 30.1 Å². The maximum atomic E-state index is 13.0. The number of amides is 5. The van der Waals surface area contributed by atoms with Crippen LogP contribution in [0.2, 0.25) is 5.02 Å². The molecule has 0 fully saturated rings. The SMILES string of the molecule is COc1ccc(NC(=O)c2ccc(-c3ccccc3S(N)(=O)=O)cc2)c(Oc2cccc(C(=N)N)c2)c1.NS(=O)(=O)c1ccccc1-c1ccc(C(=O)Nc2cnccc2C(=O)Nc2ccc(Br)cn2)cc1.NS(=O)(=O)c1ccccc1-c1ccc(C(=O)Nc2cnccc2C(=O)Nc2ccc(Cl)cn2)cc1. The van der Waals surface area contributed by atoms with Gasteiger partial charge in [-0.25, -0.2) is 50.6 Å². The number of anilines is 5. The topological polar surface area (TPSA) is 446 Å². The molecule has 32 heteroatoms. The van der Waals surface area contributed by atoms with E-state index in [2.05, 4.69) is 62.4 Å². The Bertz CT molecular complexity index is 5490. The number of hydrogen-bond donors (Lipinski definition) is 10. The molecule has 540 valence electrons. The van der Waals surface area contributed by atoms with Gasteiger partial charge in [0.05, 0.1) is 67.4 Å². The molecule has 0 spiro atoms. The molecule has 0 radical (unpaired) electrons. The van der Waals surface area contributed by atoms with Gasteiger partial charge in [-0.2, -0.15) is 0 Å². The number of hydrogen-bond acceptors (Lipinski definition) is 18. The van der Waals surface area contributed by atoms with Crippen molar-refractivity contribution in [3.05, 3.63) is 305 Å². The van der Waals surface area contributed by atoms with Crippen LogP contribution in [0.4, 0.5) is 28.7 Å². The average Bonchev–Trinajstić information content (AvgIpc) is 0.796. The van der Waals surface area contributed by atoms with E-state index in [1.807, 2.05) is 0 Å². The third-order valence-electron chi connectivity index (χ3n) is 15.3. The molecule has 8 aromatic carbocycles. The minimum atomic E-state index is -3.92. The highest BCUT2D eigenvalue weighted by atomic mass is 79.9. The molecule has 0 saturated heterocycles. The molecule has 107 heavy (non-hydrogen) atoms. The van der Waals surface area contributed by atoms with Crippen molar-refractivity contribution in [3.8, 4) is 50.6 Å². The minimum absolute atomic E-state index is 0.000988. The summed E-state index contributed by atoms with van der Waals surface area (Å²) < 4.78 is 83.5. The van der Waals surface area contributed by atoms with E-state index in [1.165, 1.54) is 68.4 Å². The van der Waals surface area contributed by atoms with Gasteiger partial charge < -0.3 is 41.8 Å². The van der Waals surface area contributed by atoms with E-state index in [-0.39, 0.29) is 48.6 Å². The van der Waals surface area contributed by atoms with Gasteiger partial charge in [-0.15, -0.1) is 0 Å². The molecule has 0 unspecified atom stereocenters. The summed E-state index contributed by atoms with van der Waals surface area (Å²) in [6.07, 6.45) is 8.56. The predicted molar refractivity (Wildman–Crippen MR) is 410 cm³/mol. The van der Waals surface area contributed by atoms with Crippen LogP contribution in [0.15, 0.2) is 281 Å². The number of carbonyl (C=O) groups excluding carboxylic acids is 5. The summed E-state index contributed by atoms with van der Waals surface area (Å²) in [6.45, 7) is 0. The Labute approximate surface area is 626 Å². The predicted octanol–water partition coefficient (Wildman–Crippen LogP) is 12.3. The fraction of sp³-hybridized carbons (Fsp3) is 0.0133. The van der Waals surface area contributed by atoms with Gasteiger partial charge >= 0.3 is 0 Å². The number of rotatable bonds is 20. The summed E-state index contributed by atoms with van der Waals surface area (Å²) in [6, 6.07) is 59.3. The normalized spacial score (nSPS) is 11.0. The number of nitrogens with zero attached hydrogens (tertiary/aromatic N) is 4. The summed E-state index contributed by atoms with van der Waals surface area (Å²) in [5, 5.41) is 37.5. The number of aromatic nitrogens is 4. The minimum Gasteiger partial charge on any atom is -0.497 e. The zero-order valence-corrected chi connectivity index (χ0v) is 60.5. The molecule has 27 nitrogen and oxygen atoms in total. The standard InChI is InChI=1S/C27H24N4O5S.C24H18BrN5O4S.C24H18ClN5O4S/c1-35-20-13-14-23(24(16-20)36-21-6-4-5-19(15-21)26(28)29)31-27(32)18-11-9-17(10-12-18)22-7-2-3-8-25(22)37(30,33)34;2*25-17-9-10-22(28-13-17)30-24(32)19-11-12-27-14-20(19)29-23(31)16-7-5-15(6-8-16)18-3-1-2-4-21(18)35(26,33)34/h2-16H,1H3,(H3,28,29)(H,31,32)(H2,30,33,34);2*1-14H,(H,29,31)(H2,26,33,34)(H,28,30,32). The second kappa shape index (κ2) is 34.3. The quantitative estimate of drug-likeness (QED) is 0.0250. The molecule has 0 aliphatic carbocycles. The molecule has 4 heterocycles. The first-order valence-electron chi connectivity index (χ1n) is 31.2. The van der Waals surface area contributed by atoms with Crippen LogP contribution in [0.5, 0.6) is 17.2 Å². The molecular weight excluding hydrogens is 1520 g/mol. The van der Waals surface area contributed by atoms with Crippen LogP contribution >= 0.6 is 27.5 Å². The third-order valence-corrected chi connectivity index (χ3v) is 18.9. The third kappa shape index (κ3) is 20.4. The van der Waals surface area contributed by atoms with Crippen LogP contribution in [0.1, 0.15) is 57.4 Å². The zero-order chi connectivity index (χ0) is 76.6. The molecular formula is C75H60BrClN14O13S3. The number of halogens is 2. The highest BCUT2D eigenvalue weighted by Gasteiger charge is 2.22. The zero-order valence-electron chi connectivity index (χ0n) is 55.7. The number of primary sulfonamides is 3. The maximum Gasteiger partial charge on any atom is 0.259 e. The molecule has 14 N–H and O–H groups in total. The Kier molecular flexibility index (Phi) is 24.6. The van der Waals surface area contributed by atoms with E-state index in [4.69, 9.17) is 47.6 Å². The van der Waals surface area contributed by atoms with Crippen LogP contribution in [0, 0.1) is 5.41 Å².